The lowest BCUT2D eigenvalue weighted by molar-refractivity contribution is 0.454. The number of nitrogens with one attached hydrogen (secondary N) is 1. The number of oxazole rings is 1. The Labute approximate surface area is 108 Å². The first-order valence-corrected chi connectivity index (χ1v) is 6.48. The number of H-pyrrole nitrogens is 1. The summed E-state index contributed by atoms with van der Waals surface area (Å²) in [5, 5.41) is 0.660. The Kier molecular flexibility index (Phi) is 2.71. The molecular formula is C12H12N4OS. The molecule has 0 atom stereocenters. The Morgan fingerprint density at radius 2 is 2.28 bits per heavy atom. The first-order chi connectivity index (χ1) is 8.70. The SMILES string of the molecule is Cc1coc(SCc2nc3ccc(N)cc3[nH]2)n1. The molecule has 0 aliphatic carbocycles. The highest BCUT2D eigenvalue weighted by Crippen LogP contribution is 2.22. The van der Waals surface area contributed by atoms with Crippen molar-refractivity contribution in [3.8, 4) is 0 Å². The van der Waals surface area contributed by atoms with Gasteiger partial charge < -0.3 is 15.1 Å². The average molecular weight is 260 g/mol. The summed E-state index contributed by atoms with van der Waals surface area (Å²) in [6, 6.07) is 5.63. The molecule has 6 heteroatoms. The van der Waals surface area contributed by atoms with E-state index in [-0.39, 0.29) is 0 Å². The predicted molar refractivity (Wildman–Crippen MR) is 71.3 cm³/mol. The second kappa shape index (κ2) is 4.38. The third-order valence-electron chi connectivity index (χ3n) is 2.49. The number of imidazole rings is 1. The van der Waals surface area contributed by atoms with E-state index in [0.29, 0.717) is 11.0 Å². The summed E-state index contributed by atoms with van der Waals surface area (Å²) < 4.78 is 5.27. The lowest BCUT2D eigenvalue weighted by atomic mass is 10.3. The minimum Gasteiger partial charge on any atom is -0.440 e. The van der Waals surface area contributed by atoms with E-state index < -0.39 is 0 Å². The number of hydrogen-bond acceptors (Lipinski definition) is 5. The maximum Gasteiger partial charge on any atom is 0.256 e. The third kappa shape index (κ3) is 2.19. The van der Waals surface area contributed by atoms with Gasteiger partial charge in [-0.3, -0.25) is 0 Å². The second-order valence-corrected chi connectivity index (χ2v) is 4.93. The van der Waals surface area contributed by atoms with Gasteiger partial charge in [-0.15, -0.1) is 0 Å². The summed E-state index contributed by atoms with van der Waals surface area (Å²) in [7, 11) is 0. The zero-order chi connectivity index (χ0) is 12.5. The van der Waals surface area contributed by atoms with Crippen LogP contribution in [0.2, 0.25) is 0 Å². The van der Waals surface area contributed by atoms with Crippen molar-refractivity contribution in [3.63, 3.8) is 0 Å². The summed E-state index contributed by atoms with van der Waals surface area (Å²) in [4.78, 5) is 11.9. The van der Waals surface area contributed by atoms with Crippen molar-refractivity contribution < 1.29 is 4.42 Å². The number of anilines is 1. The fourth-order valence-electron chi connectivity index (χ4n) is 1.68. The normalized spacial score (nSPS) is 11.2. The van der Waals surface area contributed by atoms with Crippen molar-refractivity contribution in [3.05, 3.63) is 36.0 Å². The van der Waals surface area contributed by atoms with E-state index in [0.717, 1.165) is 28.2 Å². The van der Waals surface area contributed by atoms with Crippen LogP contribution in [0.3, 0.4) is 0 Å². The molecule has 3 aromatic rings. The fraction of sp³-hybridized carbons (Fsp3) is 0.167. The molecule has 0 unspecified atom stereocenters. The van der Waals surface area contributed by atoms with Crippen molar-refractivity contribution in [2.75, 3.05) is 5.73 Å². The van der Waals surface area contributed by atoms with Crippen molar-refractivity contribution in [2.24, 2.45) is 0 Å². The van der Waals surface area contributed by atoms with Crippen LogP contribution >= 0.6 is 11.8 Å². The summed E-state index contributed by atoms with van der Waals surface area (Å²) in [5.74, 6) is 1.57. The van der Waals surface area contributed by atoms with Gasteiger partial charge in [-0.05, 0) is 25.1 Å². The molecule has 18 heavy (non-hydrogen) atoms. The molecule has 5 nitrogen and oxygen atoms in total. The minimum atomic E-state index is 0.660. The van der Waals surface area contributed by atoms with Crippen molar-refractivity contribution in [2.45, 2.75) is 17.9 Å². The number of benzene rings is 1. The van der Waals surface area contributed by atoms with Crippen LogP contribution in [-0.2, 0) is 5.75 Å². The van der Waals surface area contributed by atoms with Crippen molar-refractivity contribution in [1.82, 2.24) is 15.0 Å². The first-order valence-electron chi connectivity index (χ1n) is 5.50. The number of hydrogen-bond donors (Lipinski definition) is 2. The zero-order valence-corrected chi connectivity index (χ0v) is 10.6. The lowest BCUT2D eigenvalue weighted by Crippen LogP contribution is -1.83. The van der Waals surface area contributed by atoms with Gasteiger partial charge in [0, 0.05) is 5.69 Å². The van der Waals surface area contributed by atoms with Crippen LogP contribution in [0.25, 0.3) is 11.0 Å². The van der Waals surface area contributed by atoms with Gasteiger partial charge in [-0.2, -0.15) is 0 Å². The van der Waals surface area contributed by atoms with Crippen LogP contribution in [-0.4, -0.2) is 15.0 Å². The summed E-state index contributed by atoms with van der Waals surface area (Å²) in [6.07, 6.45) is 1.64. The van der Waals surface area contributed by atoms with E-state index in [2.05, 4.69) is 15.0 Å². The molecule has 92 valence electrons. The number of aromatic amines is 1. The number of nitrogens with two attached hydrogens (primary N) is 1. The van der Waals surface area contributed by atoms with Gasteiger partial charge in [0.05, 0.1) is 22.5 Å². The number of thioether (sulfide) groups is 1. The molecule has 3 rings (SSSR count). The standard InChI is InChI=1S/C12H12N4OS/c1-7-5-17-12(14-7)18-6-11-15-9-3-2-8(13)4-10(9)16-11/h2-5H,6,13H2,1H3,(H,15,16). The molecule has 3 N–H and O–H groups in total. The average Bonchev–Trinajstić information content (AvgIpc) is 2.92. The van der Waals surface area contributed by atoms with E-state index >= 15 is 0 Å². The minimum absolute atomic E-state index is 0.660. The highest BCUT2D eigenvalue weighted by atomic mass is 32.2. The number of fused-ring (bicyclic) bond motifs is 1. The highest BCUT2D eigenvalue weighted by molar-refractivity contribution is 7.98. The molecule has 2 heterocycles. The molecule has 0 saturated carbocycles. The van der Waals surface area contributed by atoms with Gasteiger partial charge in [-0.1, -0.05) is 11.8 Å². The van der Waals surface area contributed by atoms with Gasteiger partial charge in [0.2, 0.25) is 0 Å². The van der Waals surface area contributed by atoms with Gasteiger partial charge in [-0.25, -0.2) is 9.97 Å². The van der Waals surface area contributed by atoms with Crippen LogP contribution in [0, 0.1) is 6.92 Å². The molecule has 1 aromatic carbocycles. The Morgan fingerprint density at radius 3 is 3.06 bits per heavy atom. The largest absolute Gasteiger partial charge is 0.440 e. The molecule has 0 bridgehead atoms. The first kappa shape index (κ1) is 11.2. The van der Waals surface area contributed by atoms with Crippen molar-refractivity contribution >= 4 is 28.5 Å². The number of aromatic nitrogens is 3. The smallest absolute Gasteiger partial charge is 0.256 e. The van der Waals surface area contributed by atoms with E-state index in [1.807, 2.05) is 25.1 Å². The number of rotatable bonds is 3. The highest BCUT2D eigenvalue weighted by Gasteiger charge is 2.06. The van der Waals surface area contributed by atoms with Gasteiger partial charge in [0.25, 0.3) is 5.22 Å². The lowest BCUT2D eigenvalue weighted by Gasteiger charge is -1.92. The maximum absolute atomic E-state index is 5.72. The van der Waals surface area contributed by atoms with Gasteiger partial charge in [0.15, 0.2) is 0 Å². The Bertz CT molecular complexity index is 688. The molecule has 0 aliphatic heterocycles. The monoisotopic (exact) mass is 260 g/mol. The topological polar surface area (TPSA) is 80.7 Å². The predicted octanol–water partition coefficient (Wildman–Crippen LogP) is 2.73. The number of aryl methyl sites for hydroxylation is 1. The summed E-state index contributed by atoms with van der Waals surface area (Å²) in [6.45, 7) is 1.90. The fourth-order valence-corrected chi connectivity index (χ4v) is 2.40. The molecule has 0 aliphatic rings. The Hall–Kier alpha value is -1.95. The molecule has 0 fully saturated rings. The molecule has 2 aromatic heterocycles. The maximum atomic E-state index is 5.72. The zero-order valence-electron chi connectivity index (χ0n) is 9.80. The molecule has 0 radical (unpaired) electrons. The molecule has 0 spiro atoms. The summed E-state index contributed by atoms with van der Waals surface area (Å²) in [5.41, 5.74) is 9.21. The number of nitrogen functional groups attached to an aromatic ring is 1. The van der Waals surface area contributed by atoms with Crippen LogP contribution in [0.5, 0.6) is 0 Å². The van der Waals surface area contributed by atoms with Gasteiger partial charge in [0.1, 0.15) is 12.1 Å². The Morgan fingerprint density at radius 1 is 1.39 bits per heavy atom. The summed E-state index contributed by atoms with van der Waals surface area (Å²) >= 11 is 1.51. The number of nitrogens with zero attached hydrogens (tertiary/aromatic N) is 2. The van der Waals surface area contributed by atoms with E-state index in [1.54, 1.807) is 6.26 Å². The third-order valence-corrected chi connectivity index (χ3v) is 3.34. The van der Waals surface area contributed by atoms with Crippen LogP contribution in [0.15, 0.2) is 34.1 Å². The van der Waals surface area contributed by atoms with Crippen LogP contribution in [0.4, 0.5) is 5.69 Å². The van der Waals surface area contributed by atoms with E-state index in [1.165, 1.54) is 11.8 Å². The van der Waals surface area contributed by atoms with E-state index in [9.17, 15) is 0 Å². The molecular weight excluding hydrogens is 248 g/mol. The van der Waals surface area contributed by atoms with Crippen LogP contribution in [0.1, 0.15) is 11.5 Å². The molecule has 0 saturated heterocycles. The van der Waals surface area contributed by atoms with Crippen LogP contribution < -0.4 is 5.73 Å². The van der Waals surface area contributed by atoms with Crippen molar-refractivity contribution in [1.29, 1.82) is 0 Å². The quantitative estimate of drug-likeness (QED) is 0.559. The molecule has 0 amide bonds. The Balaban J connectivity index is 1.78. The van der Waals surface area contributed by atoms with E-state index in [4.69, 9.17) is 10.2 Å². The van der Waals surface area contributed by atoms with Gasteiger partial charge >= 0.3 is 0 Å². The second-order valence-electron chi connectivity index (χ2n) is 4.00.